The summed E-state index contributed by atoms with van der Waals surface area (Å²) in [5.41, 5.74) is 7.43. The van der Waals surface area contributed by atoms with Crippen molar-refractivity contribution in [3.05, 3.63) is 35.9 Å². The van der Waals surface area contributed by atoms with Crippen LogP contribution in [0.1, 0.15) is 37.7 Å². The van der Waals surface area contributed by atoms with Crippen molar-refractivity contribution in [2.45, 2.75) is 38.5 Å². The molecule has 1 aromatic rings. The minimum Gasteiger partial charge on any atom is -0.370 e. The summed E-state index contributed by atoms with van der Waals surface area (Å²) in [6.45, 7) is 3.80. The predicted octanol–water partition coefficient (Wildman–Crippen LogP) is 2.27. The Balaban J connectivity index is 1.42. The standard InChI is InChI=1S/C20H30N4O/c21-20(24-11-5-2-6-12-24)22-16-19(25)23-13-9-18(10-14-23)15-17-7-3-1-4-8-17/h1,3-4,7-8,18H,2,5-6,9-16H2,(H2,21,22). The van der Waals surface area contributed by atoms with Crippen LogP contribution in [-0.2, 0) is 11.2 Å². The molecule has 2 heterocycles. The highest BCUT2D eigenvalue weighted by atomic mass is 16.2. The van der Waals surface area contributed by atoms with E-state index in [0.717, 1.165) is 45.4 Å². The zero-order chi connectivity index (χ0) is 17.5. The Morgan fingerprint density at radius 3 is 2.36 bits per heavy atom. The number of amides is 1. The molecule has 0 saturated carbocycles. The van der Waals surface area contributed by atoms with Gasteiger partial charge in [0, 0.05) is 26.2 Å². The van der Waals surface area contributed by atoms with E-state index in [2.05, 4.69) is 40.2 Å². The fraction of sp³-hybridized carbons (Fsp3) is 0.600. The summed E-state index contributed by atoms with van der Waals surface area (Å²) in [7, 11) is 0. The number of rotatable bonds is 4. The number of hydrogen-bond acceptors (Lipinski definition) is 2. The molecule has 1 aromatic carbocycles. The van der Waals surface area contributed by atoms with Crippen LogP contribution in [0.3, 0.4) is 0 Å². The molecular formula is C20H30N4O. The highest BCUT2D eigenvalue weighted by Crippen LogP contribution is 2.21. The largest absolute Gasteiger partial charge is 0.370 e. The SMILES string of the molecule is NC(=NCC(=O)N1CCC(Cc2ccccc2)CC1)N1CCCCC1. The van der Waals surface area contributed by atoms with Crippen molar-refractivity contribution >= 4 is 11.9 Å². The average Bonchev–Trinajstić information content (AvgIpc) is 2.68. The smallest absolute Gasteiger partial charge is 0.244 e. The molecule has 0 aliphatic carbocycles. The van der Waals surface area contributed by atoms with Crippen LogP contribution in [0.25, 0.3) is 0 Å². The summed E-state index contributed by atoms with van der Waals surface area (Å²) in [6, 6.07) is 10.6. The Kier molecular flexibility index (Phi) is 6.31. The first kappa shape index (κ1) is 17.8. The van der Waals surface area contributed by atoms with Crippen LogP contribution < -0.4 is 5.73 Å². The van der Waals surface area contributed by atoms with Gasteiger partial charge in [-0.1, -0.05) is 30.3 Å². The minimum atomic E-state index is 0.109. The van der Waals surface area contributed by atoms with E-state index < -0.39 is 0 Å². The van der Waals surface area contributed by atoms with Gasteiger partial charge in [0.25, 0.3) is 0 Å². The van der Waals surface area contributed by atoms with Gasteiger partial charge in [0.15, 0.2) is 5.96 Å². The molecule has 5 heteroatoms. The second-order valence-electron chi connectivity index (χ2n) is 7.24. The molecule has 25 heavy (non-hydrogen) atoms. The summed E-state index contributed by atoms with van der Waals surface area (Å²) in [5.74, 6) is 1.32. The minimum absolute atomic E-state index is 0.109. The molecule has 3 rings (SSSR count). The van der Waals surface area contributed by atoms with Gasteiger partial charge in [0.1, 0.15) is 6.54 Å². The molecule has 136 valence electrons. The monoisotopic (exact) mass is 342 g/mol. The summed E-state index contributed by atoms with van der Waals surface area (Å²) in [6.07, 6.45) is 6.86. The van der Waals surface area contributed by atoms with Gasteiger partial charge >= 0.3 is 0 Å². The van der Waals surface area contributed by atoms with Crippen LogP contribution in [0, 0.1) is 5.92 Å². The van der Waals surface area contributed by atoms with Crippen LogP contribution in [0.2, 0.25) is 0 Å². The van der Waals surface area contributed by atoms with E-state index in [-0.39, 0.29) is 12.5 Å². The van der Waals surface area contributed by atoms with Crippen molar-refractivity contribution in [3.63, 3.8) is 0 Å². The summed E-state index contributed by atoms with van der Waals surface area (Å²) >= 11 is 0. The third-order valence-electron chi connectivity index (χ3n) is 5.39. The maximum atomic E-state index is 12.4. The third kappa shape index (κ3) is 5.21. The zero-order valence-electron chi connectivity index (χ0n) is 15.1. The van der Waals surface area contributed by atoms with E-state index in [0.29, 0.717) is 11.9 Å². The first-order valence-electron chi connectivity index (χ1n) is 9.59. The van der Waals surface area contributed by atoms with Gasteiger partial charge in [-0.05, 0) is 50.0 Å². The summed E-state index contributed by atoms with van der Waals surface area (Å²) < 4.78 is 0. The molecule has 0 radical (unpaired) electrons. The van der Waals surface area contributed by atoms with E-state index in [1.54, 1.807) is 0 Å². The fourth-order valence-electron chi connectivity index (χ4n) is 3.81. The first-order chi connectivity index (χ1) is 12.2. The van der Waals surface area contributed by atoms with Crippen molar-refractivity contribution in [2.24, 2.45) is 16.6 Å². The second-order valence-corrected chi connectivity index (χ2v) is 7.24. The van der Waals surface area contributed by atoms with Gasteiger partial charge < -0.3 is 15.5 Å². The van der Waals surface area contributed by atoms with Crippen molar-refractivity contribution in [3.8, 4) is 0 Å². The van der Waals surface area contributed by atoms with Crippen molar-refractivity contribution in [1.82, 2.24) is 9.80 Å². The van der Waals surface area contributed by atoms with Gasteiger partial charge in [-0.3, -0.25) is 4.79 Å². The molecule has 0 spiro atoms. The van der Waals surface area contributed by atoms with E-state index in [9.17, 15) is 4.79 Å². The first-order valence-corrected chi connectivity index (χ1v) is 9.59. The molecule has 2 aliphatic heterocycles. The molecule has 0 bridgehead atoms. The normalized spacial score (nSPS) is 19.9. The van der Waals surface area contributed by atoms with Crippen LogP contribution in [0.15, 0.2) is 35.3 Å². The number of carbonyl (C=O) groups is 1. The van der Waals surface area contributed by atoms with E-state index in [1.807, 2.05) is 4.90 Å². The molecule has 0 unspecified atom stereocenters. The third-order valence-corrected chi connectivity index (χ3v) is 5.39. The number of aliphatic imine (C=N–C) groups is 1. The predicted molar refractivity (Wildman–Crippen MR) is 101 cm³/mol. The summed E-state index contributed by atoms with van der Waals surface area (Å²) in [4.78, 5) is 20.8. The van der Waals surface area contributed by atoms with Gasteiger partial charge in [-0.15, -0.1) is 0 Å². The molecule has 2 aliphatic rings. The number of nitrogens with zero attached hydrogens (tertiary/aromatic N) is 3. The topological polar surface area (TPSA) is 61.9 Å². The molecule has 0 aromatic heterocycles. The molecular weight excluding hydrogens is 312 g/mol. The Morgan fingerprint density at radius 2 is 1.68 bits per heavy atom. The number of carbonyl (C=O) groups excluding carboxylic acids is 1. The van der Waals surface area contributed by atoms with E-state index in [4.69, 9.17) is 5.73 Å². The second kappa shape index (κ2) is 8.88. The lowest BCUT2D eigenvalue weighted by molar-refractivity contribution is -0.130. The van der Waals surface area contributed by atoms with Gasteiger partial charge in [0.2, 0.25) is 5.91 Å². The quantitative estimate of drug-likeness (QED) is 0.674. The number of piperidine rings is 2. The van der Waals surface area contributed by atoms with E-state index >= 15 is 0 Å². The Labute approximate surface area is 150 Å². The Hall–Kier alpha value is -2.04. The van der Waals surface area contributed by atoms with Gasteiger partial charge in [-0.25, -0.2) is 4.99 Å². The number of hydrogen-bond donors (Lipinski definition) is 1. The maximum Gasteiger partial charge on any atom is 0.244 e. The van der Waals surface area contributed by atoms with Crippen molar-refractivity contribution < 1.29 is 4.79 Å². The van der Waals surface area contributed by atoms with Crippen LogP contribution in [0.4, 0.5) is 0 Å². The Bertz CT molecular complexity index is 573. The molecule has 5 nitrogen and oxygen atoms in total. The van der Waals surface area contributed by atoms with Gasteiger partial charge in [-0.2, -0.15) is 0 Å². The van der Waals surface area contributed by atoms with Crippen molar-refractivity contribution in [2.75, 3.05) is 32.7 Å². The maximum absolute atomic E-state index is 12.4. The molecule has 2 fully saturated rings. The number of benzene rings is 1. The number of guanidine groups is 1. The fourth-order valence-corrected chi connectivity index (χ4v) is 3.81. The Morgan fingerprint density at radius 1 is 1.00 bits per heavy atom. The van der Waals surface area contributed by atoms with Crippen molar-refractivity contribution in [1.29, 1.82) is 0 Å². The van der Waals surface area contributed by atoms with Crippen LogP contribution in [0.5, 0.6) is 0 Å². The van der Waals surface area contributed by atoms with Crippen LogP contribution in [-0.4, -0.2) is 54.4 Å². The van der Waals surface area contributed by atoms with Gasteiger partial charge in [0.05, 0.1) is 0 Å². The molecule has 1 amide bonds. The molecule has 2 saturated heterocycles. The highest BCUT2D eigenvalue weighted by molar-refractivity contribution is 5.84. The molecule has 2 N–H and O–H groups in total. The lowest BCUT2D eigenvalue weighted by Gasteiger charge is -2.32. The van der Waals surface area contributed by atoms with E-state index in [1.165, 1.54) is 24.8 Å². The average molecular weight is 342 g/mol. The summed E-state index contributed by atoms with van der Waals surface area (Å²) in [5, 5.41) is 0. The molecule has 0 atom stereocenters. The highest BCUT2D eigenvalue weighted by Gasteiger charge is 2.23. The zero-order valence-corrected chi connectivity index (χ0v) is 15.1. The van der Waals surface area contributed by atoms with Crippen LogP contribution >= 0.6 is 0 Å². The lowest BCUT2D eigenvalue weighted by atomic mass is 9.90. The lowest BCUT2D eigenvalue weighted by Crippen LogP contribution is -2.43. The number of nitrogens with two attached hydrogens (primary N) is 1. The number of likely N-dealkylation sites (tertiary alicyclic amines) is 2.